The molecular formula is C15H20N4O2. The first-order chi connectivity index (χ1) is 9.99. The fourth-order valence-corrected chi connectivity index (χ4v) is 2.22. The van der Waals surface area contributed by atoms with E-state index in [1.807, 2.05) is 27.7 Å². The Hall–Kier alpha value is -2.37. The molecule has 0 spiro atoms. The minimum atomic E-state index is -0.0927. The van der Waals surface area contributed by atoms with Crippen molar-refractivity contribution in [2.24, 2.45) is 5.10 Å². The Labute approximate surface area is 124 Å². The summed E-state index contributed by atoms with van der Waals surface area (Å²) < 4.78 is 1.54. The van der Waals surface area contributed by atoms with Crippen LogP contribution in [0, 0.1) is 6.92 Å². The Balaban J connectivity index is 2.24. The summed E-state index contributed by atoms with van der Waals surface area (Å²) in [6.45, 7) is 8.61. The smallest absolute Gasteiger partial charge is 0.275 e. The second-order valence-corrected chi connectivity index (χ2v) is 4.78. The lowest BCUT2D eigenvalue weighted by molar-refractivity contribution is -0.125. The number of allylic oxidation sites excluding steroid dienone is 2. The van der Waals surface area contributed by atoms with Crippen molar-refractivity contribution in [2.45, 2.75) is 34.2 Å². The molecular weight excluding hydrogens is 268 g/mol. The average Bonchev–Trinajstić information content (AvgIpc) is 2.89. The second kappa shape index (κ2) is 5.95. The van der Waals surface area contributed by atoms with Crippen LogP contribution >= 0.6 is 0 Å². The maximum atomic E-state index is 12.0. The molecule has 0 aliphatic carbocycles. The average molecular weight is 288 g/mol. The molecule has 1 aliphatic heterocycles. The molecule has 1 aliphatic rings. The Bertz CT molecular complexity index is 653. The molecule has 6 nitrogen and oxygen atoms in total. The Morgan fingerprint density at radius 2 is 1.95 bits per heavy atom. The normalized spacial score (nSPS) is 17.3. The molecule has 2 rings (SSSR count). The highest BCUT2D eigenvalue weighted by Gasteiger charge is 2.25. The number of hydrogen-bond acceptors (Lipinski definition) is 4. The number of aromatic nitrogens is 2. The number of rotatable bonds is 4. The predicted molar refractivity (Wildman–Crippen MR) is 81.9 cm³/mol. The fourth-order valence-electron chi connectivity index (χ4n) is 2.22. The van der Waals surface area contributed by atoms with E-state index in [9.17, 15) is 9.90 Å². The molecule has 0 bridgehead atoms. The van der Waals surface area contributed by atoms with Crippen LogP contribution in [0.1, 0.15) is 32.0 Å². The highest BCUT2D eigenvalue weighted by Crippen LogP contribution is 2.22. The van der Waals surface area contributed by atoms with Gasteiger partial charge >= 0.3 is 0 Å². The quantitative estimate of drug-likeness (QED) is 0.862. The van der Waals surface area contributed by atoms with E-state index >= 15 is 0 Å². The molecule has 0 aromatic carbocycles. The third kappa shape index (κ3) is 2.74. The molecule has 1 aromatic heterocycles. The van der Waals surface area contributed by atoms with Gasteiger partial charge < -0.3 is 5.11 Å². The summed E-state index contributed by atoms with van der Waals surface area (Å²) in [5.41, 5.74) is 2.70. The highest BCUT2D eigenvalue weighted by molar-refractivity contribution is 6.24. The van der Waals surface area contributed by atoms with Gasteiger partial charge in [-0.25, -0.2) is 9.69 Å². The monoisotopic (exact) mass is 288 g/mol. The molecule has 0 fully saturated rings. The van der Waals surface area contributed by atoms with Gasteiger partial charge in [-0.3, -0.25) is 4.79 Å². The summed E-state index contributed by atoms with van der Waals surface area (Å²) in [6.07, 6.45) is 5.22. The van der Waals surface area contributed by atoms with Crippen molar-refractivity contribution in [3.63, 3.8) is 0 Å². The number of carbonyl (C=O) groups is 1. The lowest BCUT2D eigenvalue weighted by Gasteiger charge is -2.06. The number of aryl methyl sites for hydroxylation is 2. The molecule has 0 radical (unpaired) electrons. The molecule has 0 unspecified atom stereocenters. The van der Waals surface area contributed by atoms with Crippen LogP contribution in [-0.2, 0) is 11.3 Å². The first-order valence-corrected chi connectivity index (χ1v) is 7.01. The standard InChI is InChI=1S/C15H20N4O2/c1-5-18-14(20)12(10(3)16-18)8-7-9-13-11(4)17-19(6-2)15(13)21/h7-9,20H,5-6H2,1-4H3/b8-7+,13-9-. The van der Waals surface area contributed by atoms with Crippen LogP contribution in [-0.4, -0.2) is 38.1 Å². The number of likely N-dealkylation sites (N-methyl/N-ethyl adjacent to an activating group) is 1. The fraction of sp³-hybridized carbons (Fsp3) is 0.400. The SMILES string of the molecule is CCN1N=C(C)/C(=C/C=C/c2c(C)nn(CC)c2O)C1=O. The van der Waals surface area contributed by atoms with Crippen LogP contribution in [0.3, 0.4) is 0 Å². The van der Waals surface area contributed by atoms with Gasteiger partial charge in [0.15, 0.2) is 0 Å². The number of carbonyl (C=O) groups excluding carboxylic acids is 1. The number of amides is 1. The minimum Gasteiger partial charge on any atom is -0.493 e. The van der Waals surface area contributed by atoms with Crippen molar-refractivity contribution >= 4 is 17.7 Å². The largest absolute Gasteiger partial charge is 0.493 e. The number of hydrogen-bond donors (Lipinski definition) is 1. The summed E-state index contributed by atoms with van der Waals surface area (Å²) >= 11 is 0. The van der Waals surface area contributed by atoms with Gasteiger partial charge in [-0.15, -0.1) is 0 Å². The molecule has 112 valence electrons. The van der Waals surface area contributed by atoms with Gasteiger partial charge in [0.1, 0.15) is 0 Å². The summed E-state index contributed by atoms with van der Waals surface area (Å²) in [4.78, 5) is 12.0. The van der Waals surface area contributed by atoms with Gasteiger partial charge in [0.2, 0.25) is 5.88 Å². The van der Waals surface area contributed by atoms with E-state index in [-0.39, 0.29) is 11.8 Å². The maximum absolute atomic E-state index is 12.0. The van der Waals surface area contributed by atoms with Crippen molar-refractivity contribution < 1.29 is 9.90 Å². The van der Waals surface area contributed by atoms with E-state index in [1.165, 1.54) is 9.69 Å². The lowest BCUT2D eigenvalue weighted by Crippen LogP contribution is -2.21. The predicted octanol–water partition coefficient (Wildman–Crippen LogP) is 2.09. The van der Waals surface area contributed by atoms with Crippen LogP contribution in [0.2, 0.25) is 0 Å². The van der Waals surface area contributed by atoms with Crippen molar-refractivity contribution in [3.05, 3.63) is 29.0 Å². The van der Waals surface area contributed by atoms with Gasteiger partial charge in [0, 0.05) is 13.1 Å². The van der Waals surface area contributed by atoms with E-state index in [0.29, 0.717) is 29.9 Å². The zero-order valence-corrected chi connectivity index (χ0v) is 12.8. The van der Waals surface area contributed by atoms with Gasteiger partial charge in [-0.1, -0.05) is 6.08 Å². The van der Waals surface area contributed by atoms with Gasteiger partial charge in [0.25, 0.3) is 5.91 Å². The molecule has 0 saturated carbocycles. The van der Waals surface area contributed by atoms with Crippen molar-refractivity contribution in [1.29, 1.82) is 0 Å². The van der Waals surface area contributed by atoms with Crippen LogP contribution < -0.4 is 0 Å². The first-order valence-electron chi connectivity index (χ1n) is 7.01. The molecule has 1 aromatic rings. The van der Waals surface area contributed by atoms with Gasteiger partial charge in [-0.05, 0) is 39.8 Å². The summed E-state index contributed by atoms with van der Waals surface area (Å²) in [5, 5.41) is 19.9. The van der Waals surface area contributed by atoms with Crippen molar-refractivity contribution in [3.8, 4) is 5.88 Å². The van der Waals surface area contributed by atoms with Crippen LogP contribution in [0.25, 0.3) is 6.08 Å². The third-order valence-electron chi connectivity index (χ3n) is 3.40. The molecule has 1 amide bonds. The second-order valence-electron chi connectivity index (χ2n) is 4.78. The topological polar surface area (TPSA) is 70.7 Å². The van der Waals surface area contributed by atoms with Crippen LogP contribution in [0.4, 0.5) is 0 Å². The third-order valence-corrected chi connectivity index (χ3v) is 3.40. The Morgan fingerprint density at radius 3 is 2.48 bits per heavy atom. The van der Waals surface area contributed by atoms with Crippen LogP contribution in [0.5, 0.6) is 5.88 Å². The molecule has 0 saturated heterocycles. The van der Waals surface area contributed by atoms with Gasteiger partial charge in [0.05, 0.1) is 22.5 Å². The van der Waals surface area contributed by atoms with Crippen molar-refractivity contribution in [2.75, 3.05) is 6.54 Å². The zero-order valence-electron chi connectivity index (χ0n) is 12.8. The van der Waals surface area contributed by atoms with E-state index in [2.05, 4.69) is 10.2 Å². The Morgan fingerprint density at radius 1 is 1.24 bits per heavy atom. The highest BCUT2D eigenvalue weighted by atomic mass is 16.3. The summed E-state index contributed by atoms with van der Waals surface area (Å²) in [7, 11) is 0. The molecule has 2 heterocycles. The van der Waals surface area contributed by atoms with E-state index in [0.717, 1.165) is 5.69 Å². The summed E-state index contributed by atoms with van der Waals surface area (Å²) in [5.74, 6) is 0.0489. The van der Waals surface area contributed by atoms with E-state index < -0.39 is 0 Å². The van der Waals surface area contributed by atoms with Crippen molar-refractivity contribution in [1.82, 2.24) is 14.8 Å². The number of aromatic hydroxyl groups is 1. The molecule has 6 heteroatoms. The molecule has 21 heavy (non-hydrogen) atoms. The van der Waals surface area contributed by atoms with Gasteiger partial charge in [-0.2, -0.15) is 10.2 Å². The number of hydrazone groups is 1. The van der Waals surface area contributed by atoms with E-state index in [4.69, 9.17) is 0 Å². The van der Waals surface area contributed by atoms with Crippen LogP contribution in [0.15, 0.2) is 22.8 Å². The van der Waals surface area contributed by atoms with E-state index in [1.54, 1.807) is 18.2 Å². The maximum Gasteiger partial charge on any atom is 0.275 e. The number of nitrogens with zero attached hydrogens (tertiary/aromatic N) is 4. The molecule has 0 atom stereocenters. The lowest BCUT2D eigenvalue weighted by atomic mass is 10.1. The minimum absolute atomic E-state index is 0.0927. The Kier molecular flexibility index (Phi) is 4.26. The summed E-state index contributed by atoms with van der Waals surface area (Å²) in [6, 6.07) is 0. The molecule has 1 N–H and O–H groups in total. The first kappa shape index (κ1) is 15.0. The zero-order chi connectivity index (χ0) is 15.6.